The molecular formula is C23H19ClN2O5. The smallest absolute Gasteiger partial charge is 0.301 e. The topological polar surface area (TPSA) is 92.9 Å². The van der Waals surface area contributed by atoms with Crippen LogP contribution < -0.4 is 9.64 Å². The molecule has 8 heteroatoms. The molecule has 1 amide bonds. The lowest BCUT2D eigenvalue weighted by Gasteiger charge is -2.23. The summed E-state index contributed by atoms with van der Waals surface area (Å²) in [6.07, 6.45) is 0. The zero-order chi connectivity index (χ0) is 22.3. The highest BCUT2D eigenvalue weighted by atomic mass is 35.5. The molecule has 2 heterocycles. The number of carbonyl (C=O) groups excluding carboxylic acids is 2. The van der Waals surface area contributed by atoms with Gasteiger partial charge in [0.15, 0.2) is 5.82 Å². The first kappa shape index (κ1) is 20.7. The van der Waals surface area contributed by atoms with E-state index in [2.05, 4.69) is 5.16 Å². The summed E-state index contributed by atoms with van der Waals surface area (Å²) < 4.78 is 10.4. The number of nitrogens with zero attached hydrogens (tertiary/aromatic N) is 2. The second-order valence-corrected chi connectivity index (χ2v) is 7.64. The summed E-state index contributed by atoms with van der Waals surface area (Å²) >= 11 is 6.03. The monoisotopic (exact) mass is 438 g/mol. The van der Waals surface area contributed by atoms with Gasteiger partial charge in [-0.15, -0.1) is 0 Å². The van der Waals surface area contributed by atoms with Gasteiger partial charge < -0.3 is 14.4 Å². The number of Topliss-reactive ketones (excluding diaryl/α,β-unsaturated/α-hetero) is 1. The Hall–Kier alpha value is -3.58. The molecule has 1 N–H and O–H groups in total. The summed E-state index contributed by atoms with van der Waals surface area (Å²) in [6.45, 7) is 3.51. The van der Waals surface area contributed by atoms with Crippen LogP contribution in [-0.4, -0.2) is 29.1 Å². The van der Waals surface area contributed by atoms with Crippen LogP contribution in [0.15, 0.2) is 58.6 Å². The van der Waals surface area contributed by atoms with Gasteiger partial charge >= 0.3 is 5.91 Å². The highest BCUT2D eigenvalue weighted by molar-refractivity contribution is 6.51. The van der Waals surface area contributed by atoms with E-state index in [9.17, 15) is 14.7 Å². The highest BCUT2D eigenvalue weighted by Gasteiger charge is 2.48. The van der Waals surface area contributed by atoms with Crippen molar-refractivity contribution in [3.05, 3.63) is 81.6 Å². The highest BCUT2D eigenvalue weighted by Crippen LogP contribution is 2.42. The molecule has 1 unspecified atom stereocenters. The maximum absolute atomic E-state index is 13.1. The van der Waals surface area contributed by atoms with Gasteiger partial charge in [-0.3, -0.25) is 14.5 Å². The van der Waals surface area contributed by atoms with Crippen LogP contribution in [0.25, 0.3) is 5.76 Å². The number of aliphatic hydroxyl groups excluding tert-OH is 1. The van der Waals surface area contributed by atoms with Gasteiger partial charge in [0.05, 0.1) is 18.7 Å². The molecular weight excluding hydrogens is 420 g/mol. The molecule has 0 saturated carbocycles. The molecule has 4 rings (SSSR count). The Balaban J connectivity index is 1.93. The Kier molecular flexibility index (Phi) is 5.29. The molecule has 2 aromatic carbocycles. The standard InChI is InChI=1S/C23H19ClN2O5/c1-12-10-15(6-9-17(12)30-3)21(27)19-20(14-4-7-16(24)8-5-14)26(23(29)22(19)28)18-11-13(2)31-25-18/h4-11,20,27H,1-3H3/b21-19+. The fourth-order valence-corrected chi connectivity index (χ4v) is 3.80. The van der Waals surface area contributed by atoms with E-state index in [0.29, 0.717) is 27.7 Å². The minimum atomic E-state index is -0.899. The van der Waals surface area contributed by atoms with Crippen LogP contribution in [0.1, 0.15) is 28.5 Å². The van der Waals surface area contributed by atoms with Crippen molar-refractivity contribution in [2.24, 2.45) is 0 Å². The maximum Gasteiger partial charge on any atom is 0.301 e. The number of halogens is 1. The number of aromatic nitrogens is 1. The fourth-order valence-electron chi connectivity index (χ4n) is 3.68. The van der Waals surface area contributed by atoms with Crippen molar-refractivity contribution in [2.75, 3.05) is 12.0 Å². The first-order valence-electron chi connectivity index (χ1n) is 9.46. The minimum absolute atomic E-state index is 0.0439. The van der Waals surface area contributed by atoms with Crippen molar-refractivity contribution >= 4 is 34.9 Å². The quantitative estimate of drug-likeness (QED) is 0.364. The summed E-state index contributed by atoms with van der Waals surface area (Å²) in [6, 6.07) is 12.4. The third-order valence-corrected chi connectivity index (χ3v) is 5.41. The molecule has 0 spiro atoms. The van der Waals surface area contributed by atoms with Gasteiger partial charge in [-0.2, -0.15) is 0 Å². The van der Waals surface area contributed by atoms with Gasteiger partial charge in [-0.05, 0) is 55.3 Å². The summed E-state index contributed by atoms with van der Waals surface area (Å²) in [4.78, 5) is 27.3. The third-order valence-electron chi connectivity index (χ3n) is 5.16. The number of anilines is 1. The van der Waals surface area contributed by atoms with Gasteiger partial charge in [0, 0.05) is 16.7 Å². The Labute approximate surface area is 183 Å². The van der Waals surface area contributed by atoms with Gasteiger partial charge in [-0.25, -0.2) is 0 Å². The van der Waals surface area contributed by atoms with E-state index < -0.39 is 17.7 Å². The predicted molar refractivity (Wildman–Crippen MR) is 115 cm³/mol. The van der Waals surface area contributed by atoms with Crippen LogP contribution in [-0.2, 0) is 9.59 Å². The third kappa shape index (κ3) is 3.57. The molecule has 31 heavy (non-hydrogen) atoms. The van der Waals surface area contributed by atoms with E-state index in [-0.39, 0.29) is 17.2 Å². The molecule has 158 valence electrons. The normalized spacial score (nSPS) is 17.9. The minimum Gasteiger partial charge on any atom is -0.507 e. The first-order chi connectivity index (χ1) is 14.8. The number of benzene rings is 2. The van der Waals surface area contributed by atoms with Crippen LogP contribution in [0.4, 0.5) is 5.82 Å². The zero-order valence-electron chi connectivity index (χ0n) is 17.0. The van der Waals surface area contributed by atoms with Crippen molar-refractivity contribution in [1.29, 1.82) is 0 Å². The Bertz CT molecular complexity index is 1210. The van der Waals surface area contributed by atoms with Crippen molar-refractivity contribution in [3.8, 4) is 5.75 Å². The molecule has 7 nitrogen and oxygen atoms in total. The number of methoxy groups -OCH3 is 1. The lowest BCUT2D eigenvalue weighted by Crippen LogP contribution is -2.29. The number of hydrogen-bond donors (Lipinski definition) is 1. The SMILES string of the molecule is COc1ccc(/C(O)=C2\C(=O)C(=O)N(c3cc(C)on3)C2c2ccc(Cl)cc2)cc1C. The molecule has 1 fully saturated rings. The molecule has 1 saturated heterocycles. The number of hydrogen-bond acceptors (Lipinski definition) is 6. The second-order valence-electron chi connectivity index (χ2n) is 7.20. The largest absolute Gasteiger partial charge is 0.507 e. The summed E-state index contributed by atoms with van der Waals surface area (Å²) in [5.74, 6) is -0.593. The number of aliphatic hydroxyl groups is 1. The Morgan fingerprint density at radius 1 is 1.13 bits per heavy atom. The van der Waals surface area contributed by atoms with E-state index in [1.165, 1.54) is 4.90 Å². The van der Waals surface area contributed by atoms with Crippen LogP contribution in [0, 0.1) is 13.8 Å². The van der Waals surface area contributed by atoms with Gasteiger partial charge in [0.1, 0.15) is 17.3 Å². The van der Waals surface area contributed by atoms with Gasteiger partial charge in [-0.1, -0.05) is 28.9 Å². The lowest BCUT2D eigenvalue weighted by atomic mass is 9.95. The van der Waals surface area contributed by atoms with Crippen LogP contribution >= 0.6 is 11.6 Å². The molecule has 1 atom stereocenters. The van der Waals surface area contributed by atoms with Crippen LogP contribution in [0.3, 0.4) is 0 Å². The summed E-state index contributed by atoms with van der Waals surface area (Å²) in [7, 11) is 1.55. The maximum atomic E-state index is 13.1. The average Bonchev–Trinajstić information content (AvgIpc) is 3.29. The lowest BCUT2D eigenvalue weighted by molar-refractivity contribution is -0.132. The van der Waals surface area contributed by atoms with Gasteiger partial charge in [0.25, 0.3) is 5.78 Å². The first-order valence-corrected chi connectivity index (χ1v) is 9.84. The predicted octanol–water partition coefficient (Wildman–Crippen LogP) is 4.58. The molecule has 0 bridgehead atoms. The molecule has 1 aliphatic heterocycles. The van der Waals surface area contributed by atoms with E-state index in [1.807, 2.05) is 6.92 Å². The number of amides is 1. The number of ether oxygens (including phenoxy) is 1. The van der Waals surface area contributed by atoms with Crippen molar-refractivity contribution in [1.82, 2.24) is 5.16 Å². The molecule has 1 aromatic heterocycles. The average molecular weight is 439 g/mol. The molecule has 1 aliphatic rings. The Morgan fingerprint density at radius 3 is 2.42 bits per heavy atom. The molecule has 3 aromatic rings. The van der Waals surface area contributed by atoms with Crippen LogP contribution in [0.5, 0.6) is 5.75 Å². The van der Waals surface area contributed by atoms with Crippen molar-refractivity contribution in [2.45, 2.75) is 19.9 Å². The summed E-state index contributed by atoms with van der Waals surface area (Å²) in [5.41, 5.74) is 1.72. The summed E-state index contributed by atoms with van der Waals surface area (Å²) in [5, 5.41) is 15.5. The fraction of sp³-hybridized carbons (Fsp3) is 0.174. The van der Waals surface area contributed by atoms with E-state index >= 15 is 0 Å². The Morgan fingerprint density at radius 2 is 1.84 bits per heavy atom. The number of aryl methyl sites for hydroxylation is 2. The van der Waals surface area contributed by atoms with Crippen molar-refractivity contribution in [3.63, 3.8) is 0 Å². The van der Waals surface area contributed by atoms with E-state index in [4.69, 9.17) is 20.9 Å². The number of ketones is 1. The van der Waals surface area contributed by atoms with E-state index in [0.717, 1.165) is 5.56 Å². The van der Waals surface area contributed by atoms with Crippen molar-refractivity contribution < 1.29 is 24.0 Å². The molecule has 0 radical (unpaired) electrons. The van der Waals surface area contributed by atoms with Gasteiger partial charge in [0.2, 0.25) is 0 Å². The molecule has 0 aliphatic carbocycles. The zero-order valence-corrected chi connectivity index (χ0v) is 17.8. The number of carbonyl (C=O) groups is 2. The number of rotatable bonds is 4. The van der Waals surface area contributed by atoms with E-state index in [1.54, 1.807) is 62.6 Å². The second kappa shape index (κ2) is 7.92. The van der Waals surface area contributed by atoms with Crippen LogP contribution in [0.2, 0.25) is 5.02 Å².